The first-order chi connectivity index (χ1) is 27.5. The van der Waals surface area contributed by atoms with Crippen LogP contribution in [0.5, 0.6) is 0 Å². The van der Waals surface area contributed by atoms with Crippen molar-refractivity contribution < 1.29 is 0 Å². The van der Waals surface area contributed by atoms with Crippen molar-refractivity contribution in [2.75, 3.05) is 0 Å². The van der Waals surface area contributed by atoms with E-state index < -0.39 is 0 Å². The van der Waals surface area contributed by atoms with Gasteiger partial charge >= 0.3 is 0 Å². The summed E-state index contributed by atoms with van der Waals surface area (Å²) in [5, 5.41) is 2.77. The molecule has 0 nitrogen and oxygen atoms in total. The lowest BCUT2D eigenvalue weighted by Gasteiger charge is -2.37. The molecule has 0 spiro atoms. The molecule has 4 aromatic rings. The Kier molecular flexibility index (Phi) is 13.1. The van der Waals surface area contributed by atoms with Crippen LogP contribution in [0.1, 0.15) is 207 Å². The minimum absolute atomic E-state index is 0.272. The third-order valence-electron chi connectivity index (χ3n) is 14.0. The van der Waals surface area contributed by atoms with Crippen LogP contribution in [-0.4, -0.2) is 0 Å². The summed E-state index contributed by atoms with van der Waals surface area (Å²) in [5.74, 6) is 2.81. The van der Waals surface area contributed by atoms with E-state index in [1.54, 1.807) is 33.4 Å². The Bertz CT molecular complexity index is 2260. The van der Waals surface area contributed by atoms with Crippen LogP contribution in [0.4, 0.5) is 0 Å². The molecule has 0 N–H and O–H groups in total. The number of unbranched alkanes of at least 4 members (excludes halogenated alkanes) is 1. The third kappa shape index (κ3) is 7.45. The second-order valence-electron chi connectivity index (χ2n) is 20.1. The summed E-state index contributed by atoms with van der Waals surface area (Å²) in [7, 11) is 0. The van der Waals surface area contributed by atoms with E-state index in [0.29, 0.717) is 35.5 Å². The normalized spacial score (nSPS) is 15.4. The second kappa shape index (κ2) is 17.4. The van der Waals surface area contributed by atoms with E-state index >= 15 is 0 Å². The molecule has 0 heteroatoms. The third-order valence-corrected chi connectivity index (χ3v) is 14.0. The highest BCUT2D eigenvalue weighted by Gasteiger charge is 2.48. The lowest BCUT2D eigenvalue weighted by molar-refractivity contribution is 0.392. The Morgan fingerprint density at radius 1 is 0.603 bits per heavy atom. The van der Waals surface area contributed by atoms with Crippen LogP contribution in [0, 0.1) is 17.3 Å². The fourth-order valence-corrected chi connectivity index (χ4v) is 10.9. The maximum atomic E-state index is 4.29. The van der Waals surface area contributed by atoms with E-state index in [0.717, 1.165) is 25.7 Å². The number of benzene rings is 4. The Hall–Kier alpha value is -3.90. The smallest absolute Gasteiger partial charge is 0.0171 e. The van der Waals surface area contributed by atoms with Gasteiger partial charge in [-0.15, -0.1) is 13.2 Å². The van der Waals surface area contributed by atoms with E-state index in [4.69, 9.17) is 0 Å². The van der Waals surface area contributed by atoms with Gasteiger partial charge in [0.25, 0.3) is 0 Å². The molecule has 58 heavy (non-hydrogen) atoms. The molecule has 0 bridgehead atoms. The quantitative estimate of drug-likeness (QED) is 0.0938. The molecule has 0 aliphatic heterocycles. The van der Waals surface area contributed by atoms with E-state index in [1.807, 2.05) is 0 Å². The van der Waals surface area contributed by atoms with Gasteiger partial charge in [0.1, 0.15) is 0 Å². The Labute approximate surface area is 355 Å². The molecule has 0 saturated carbocycles. The van der Waals surface area contributed by atoms with Crippen LogP contribution in [0.15, 0.2) is 73.8 Å². The number of hydrogen-bond acceptors (Lipinski definition) is 0. The van der Waals surface area contributed by atoms with E-state index in [1.165, 1.54) is 85.7 Å². The second-order valence-corrected chi connectivity index (χ2v) is 20.1. The zero-order valence-corrected chi connectivity index (χ0v) is 39.1. The van der Waals surface area contributed by atoms with Gasteiger partial charge in [0.15, 0.2) is 0 Å². The summed E-state index contributed by atoms with van der Waals surface area (Å²) in [4.78, 5) is 0. The molecule has 0 fully saturated rings. The highest BCUT2D eigenvalue weighted by atomic mass is 14.5. The zero-order chi connectivity index (χ0) is 42.4. The van der Waals surface area contributed by atoms with Gasteiger partial charge < -0.3 is 0 Å². The Morgan fingerprint density at radius 2 is 1.05 bits per heavy atom. The topological polar surface area (TPSA) is 0 Å². The molecular formula is C58H76. The predicted octanol–water partition coefficient (Wildman–Crippen LogP) is 17.2. The molecular weight excluding hydrogens is 697 g/mol. The van der Waals surface area contributed by atoms with E-state index in [2.05, 4.69) is 171 Å². The summed E-state index contributed by atoms with van der Waals surface area (Å²) < 4.78 is 0. The number of hydrogen-bond donors (Lipinski definition) is 0. The first-order valence-corrected chi connectivity index (χ1v) is 23.1. The molecule has 0 amide bonds. The van der Waals surface area contributed by atoms with Crippen LogP contribution < -0.4 is 0 Å². The molecule has 2 aliphatic rings. The van der Waals surface area contributed by atoms with E-state index in [9.17, 15) is 0 Å². The lowest BCUT2D eigenvalue weighted by Crippen LogP contribution is -2.22. The van der Waals surface area contributed by atoms with Gasteiger partial charge in [0.2, 0.25) is 0 Å². The lowest BCUT2D eigenvalue weighted by atomic mass is 9.66. The molecule has 0 aromatic heterocycles. The molecule has 1 unspecified atom stereocenters. The summed E-state index contributed by atoms with van der Waals surface area (Å²) in [6.45, 7) is 42.9. The van der Waals surface area contributed by atoms with Crippen molar-refractivity contribution in [3.05, 3.63) is 141 Å². The number of fused-ring (bicyclic) bond motifs is 3. The fraction of sp³-hybridized carbons (Fsp3) is 0.483. The van der Waals surface area contributed by atoms with Gasteiger partial charge in [-0.1, -0.05) is 164 Å². The van der Waals surface area contributed by atoms with Crippen molar-refractivity contribution >= 4 is 33.1 Å². The van der Waals surface area contributed by atoms with Crippen LogP contribution in [0.25, 0.3) is 33.1 Å². The minimum Gasteiger partial charge on any atom is -0.103 e. The van der Waals surface area contributed by atoms with Gasteiger partial charge in [-0.2, -0.15) is 0 Å². The average molecular weight is 773 g/mol. The molecule has 0 saturated heterocycles. The standard InChI is InChI=1S/C58H76/c1-17-20-27-43-41(23-18-2)32-47(35(6)7)54(49(43)37(10)11)56-52-45-28-21-25-40-26-22-29-46(51(40)45)53(52)57(58(56,15)16)55-48(36(8)9)33-42(24-19-3)44(50(55)38(12)13)31-30-39(14)34(4)5/h18-19,21-22,25-26,28-29,32-39H,2-3,17,20,23-24,27,30-31H2,1,4-16H3. The van der Waals surface area contributed by atoms with Gasteiger partial charge in [-0.25, -0.2) is 0 Å². The number of rotatable bonds is 17. The van der Waals surface area contributed by atoms with Crippen molar-refractivity contribution in [3.63, 3.8) is 0 Å². The maximum absolute atomic E-state index is 4.29. The van der Waals surface area contributed by atoms with Crippen LogP contribution in [0.3, 0.4) is 0 Å². The van der Waals surface area contributed by atoms with Crippen molar-refractivity contribution in [1.82, 2.24) is 0 Å². The molecule has 1 atom stereocenters. The first-order valence-electron chi connectivity index (χ1n) is 23.1. The van der Waals surface area contributed by atoms with Gasteiger partial charge in [0.05, 0.1) is 0 Å². The van der Waals surface area contributed by atoms with Crippen molar-refractivity contribution in [1.29, 1.82) is 0 Å². The SMILES string of the molecule is C=CCc1cc(C(C)C)c(C2=C3C(=C(c4c(C(C)C)cc(CC=C)c(CCC(C)C(C)C)c4C(C)C)C2(C)C)c2cccc4cccc3c24)c(C(C)C)c1CCCC. The van der Waals surface area contributed by atoms with Crippen molar-refractivity contribution in [2.24, 2.45) is 17.3 Å². The number of allylic oxidation sites excluding steroid dienone is 6. The van der Waals surface area contributed by atoms with Crippen LogP contribution in [0.2, 0.25) is 0 Å². The molecule has 0 radical (unpaired) electrons. The summed E-state index contributed by atoms with van der Waals surface area (Å²) >= 11 is 0. The van der Waals surface area contributed by atoms with Gasteiger partial charge in [-0.3, -0.25) is 0 Å². The van der Waals surface area contributed by atoms with E-state index in [-0.39, 0.29) is 5.41 Å². The Morgan fingerprint density at radius 3 is 1.43 bits per heavy atom. The minimum atomic E-state index is -0.272. The highest BCUT2D eigenvalue weighted by Crippen LogP contribution is 2.67. The van der Waals surface area contributed by atoms with Crippen LogP contribution >= 0.6 is 0 Å². The fourth-order valence-electron chi connectivity index (χ4n) is 10.9. The predicted molar refractivity (Wildman–Crippen MR) is 259 cm³/mol. The van der Waals surface area contributed by atoms with Crippen molar-refractivity contribution in [2.45, 2.75) is 166 Å². The highest BCUT2D eigenvalue weighted by molar-refractivity contribution is 6.37. The molecule has 2 aliphatic carbocycles. The molecule has 308 valence electrons. The molecule has 0 heterocycles. The Balaban J connectivity index is 1.84. The molecule has 6 rings (SSSR count). The summed E-state index contributed by atoms with van der Waals surface area (Å²) in [5.41, 5.74) is 24.0. The van der Waals surface area contributed by atoms with Crippen LogP contribution in [-0.2, 0) is 25.7 Å². The molecule has 4 aromatic carbocycles. The monoisotopic (exact) mass is 773 g/mol. The first kappa shape index (κ1) is 43.7. The maximum Gasteiger partial charge on any atom is 0.0171 e. The average Bonchev–Trinajstić information content (AvgIpc) is 3.60. The largest absolute Gasteiger partial charge is 0.103 e. The van der Waals surface area contributed by atoms with Gasteiger partial charge in [-0.05, 0) is 174 Å². The van der Waals surface area contributed by atoms with Crippen molar-refractivity contribution in [3.8, 4) is 0 Å². The summed E-state index contributed by atoms with van der Waals surface area (Å²) in [6.07, 6.45) is 11.9. The summed E-state index contributed by atoms with van der Waals surface area (Å²) in [6, 6.07) is 19.4. The van der Waals surface area contributed by atoms with Gasteiger partial charge in [0, 0.05) is 5.41 Å². The zero-order valence-electron chi connectivity index (χ0n) is 39.1.